The lowest BCUT2D eigenvalue weighted by Crippen LogP contribution is -2.37. The quantitative estimate of drug-likeness (QED) is 0.596. The van der Waals surface area contributed by atoms with Gasteiger partial charge in [-0.05, 0) is 38.1 Å². The molecule has 0 fully saturated rings. The van der Waals surface area contributed by atoms with Crippen molar-refractivity contribution in [1.29, 1.82) is 0 Å². The van der Waals surface area contributed by atoms with Crippen LogP contribution in [0.3, 0.4) is 0 Å². The van der Waals surface area contributed by atoms with Crippen LogP contribution in [-0.2, 0) is 14.3 Å². The van der Waals surface area contributed by atoms with Crippen molar-refractivity contribution in [2.45, 2.75) is 13.8 Å². The Bertz CT molecular complexity index is 403. The fraction of sp³-hybridized carbons (Fsp3) is 0.333. The molecule has 5 heteroatoms. The number of likely N-dealkylation sites (N-methyl/N-ethyl adjacent to an activating group) is 1. The predicted molar refractivity (Wildman–Crippen MR) is 61.1 cm³/mol. The molecule has 1 rings (SSSR count). The first-order valence-electron chi connectivity index (χ1n) is 5.34. The summed E-state index contributed by atoms with van der Waals surface area (Å²) in [5.41, 5.74) is 0.465. The van der Waals surface area contributed by atoms with Crippen molar-refractivity contribution in [2.24, 2.45) is 0 Å². The Kier molecular flexibility index (Phi) is 4.63. The van der Waals surface area contributed by atoms with E-state index in [1.54, 1.807) is 13.8 Å². The van der Waals surface area contributed by atoms with Crippen molar-refractivity contribution in [3.63, 3.8) is 0 Å². The third kappa shape index (κ3) is 3.27. The molecule has 17 heavy (non-hydrogen) atoms. The Labute approximate surface area is 99.0 Å². The van der Waals surface area contributed by atoms with Crippen molar-refractivity contribution in [2.75, 3.05) is 18.1 Å². The third-order valence-corrected chi connectivity index (χ3v) is 2.15. The number of hydrogen-bond donors (Lipinski definition) is 0. The third-order valence-electron chi connectivity index (χ3n) is 2.15. The lowest BCUT2D eigenvalue weighted by atomic mass is 10.2. The maximum absolute atomic E-state index is 12.7. The summed E-state index contributed by atoms with van der Waals surface area (Å²) < 4.78 is 17.4. The van der Waals surface area contributed by atoms with E-state index in [4.69, 9.17) is 0 Å². The minimum atomic E-state index is -0.904. The fourth-order valence-corrected chi connectivity index (χ4v) is 1.37. The Hall–Kier alpha value is -1.91. The van der Waals surface area contributed by atoms with Gasteiger partial charge in [0.05, 0.1) is 6.61 Å². The zero-order valence-electron chi connectivity index (χ0n) is 9.77. The van der Waals surface area contributed by atoms with Gasteiger partial charge in [-0.3, -0.25) is 4.79 Å². The monoisotopic (exact) mass is 239 g/mol. The van der Waals surface area contributed by atoms with Gasteiger partial charge in [-0.25, -0.2) is 9.18 Å². The molecule has 0 unspecified atom stereocenters. The number of hydrogen-bond acceptors (Lipinski definition) is 3. The van der Waals surface area contributed by atoms with Gasteiger partial charge in [0.15, 0.2) is 0 Å². The van der Waals surface area contributed by atoms with Crippen molar-refractivity contribution >= 4 is 17.6 Å². The Morgan fingerprint density at radius 3 is 2.29 bits per heavy atom. The highest BCUT2D eigenvalue weighted by atomic mass is 19.1. The summed E-state index contributed by atoms with van der Waals surface area (Å²) in [6, 6.07) is 5.35. The first-order chi connectivity index (χ1) is 8.10. The Balaban J connectivity index is 2.88. The van der Waals surface area contributed by atoms with Gasteiger partial charge < -0.3 is 9.64 Å². The lowest BCUT2D eigenvalue weighted by Gasteiger charge is -2.19. The molecule has 0 saturated heterocycles. The zero-order valence-corrected chi connectivity index (χ0v) is 9.77. The molecule has 1 aromatic rings. The molecule has 4 nitrogen and oxygen atoms in total. The number of esters is 1. The molecule has 0 bridgehead atoms. The van der Waals surface area contributed by atoms with Crippen LogP contribution in [0.2, 0.25) is 0 Å². The molecule has 0 spiro atoms. The number of carbonyl (C=O) groups excluding carboxylic acids is 2. The first-order valence-corrected chi connectivity index (χ1v) is 5.34. The van der Waals surface area contributed by atoms with Crippen molar-refractivity contribution in [3.8, 4) is 0 Å². The summed E-state index contributed by atoms with van der Waals surface area (Å²) in [7, 11) is 0. The molecule has 0 heterocycles. The number of nitrogens with zero attached hydrogens (tertiary/aromatic N) is 1. The fourth-order valence-electron chi connectivity index (χ4n) is 1.37. The summed E-state index contributed by atoms with van der Waals surface area (Å²) in [5, 5.41) is 0. The Morgan fingerprint density at radius 2 is 1.82 bits per heavy atom. The highest BCUT2D eigenvalue weighted by Gasteiger charge is 2.23. The zero-order chi connectivity index (χ0) is 12.8. The molecule has 0 aliphatic carbocycles. The van der Waals surface area contributed by atoms with Gasteiger partial charge in [-0.15, -0.1) is 0 Å². The molecule has 0 aliphatic rings. The van der Waals surface area contributed by atoms with E-state index in [-0.39, 0.29) is 6.61 Å². The van der Waals surface area contributed by atoms with Crippen LogP contribution in [-0.4, -0.2) is 25.0 Å². The molecule has 0 aliphatic heterocycles. The number of anilines is 1. The lowest BCUT2D eigenvalue weighted by molar-refractivity contribution is -0.153. The molecule has 1 aromatic carbocycles. The standard InChI is InChI=1S/C12H14FNO3/c1-3-14(11(15)12(16)17-4-2)10-7-5-9(13)6-8-10/h5-8H,3-4H2,1-2H3. The summed E-state index contributed by atoms with van der Waals surface area (Å²) in [4.78, 5) is 24.2. The van der Waals surface area contributed by atoms with Crippen LogP contribution < -0.4 is 4.90 Å². The second-order valence-electron chi connectivity index (χ2n) is 3.25. The minimum Gasteiger partial charge on any atom is -0.459 e. The van der Waals surface area contributed by atoms with Crippen LogP contribution in [0.4, 0.5) is 10.1 Å². The van der Waals surface area contributed by atoms with Gasteiger partial charge in [0, 0.05) is 12.2 Å². The summed E-state index contributed by atoms with van der Waals surface area (Å²) in [6.07, 6.45) is 0. The molecular weight excluding hydrogens is 225 g/mol. The van der Waals surface area contributed by atoms with E-state index in [1.165, 1.54) is 29.2 Å². The van der Waals surface area contributed by atoms with Crippen LogP contribution in [0.25, 0.3) is 0 Å². The van der Waals surface area contributed by atoms with Crippen LogP contribution >= 0.6 is 0 Å². The SMILES string of the molecule is CCOC(=O)C(=O)N(CC)c1ccc(F)cc1. The molecule has 0 N–H and O–H groups in total. The van der Waals surface area contributed by atoms with Gasteiger partial charge in [0.25, 0.3) is 0 Å². The normalized spacial score (nSPS) is 9.82. The summed E-state index contributed by atoms with van der Waals surface area (Å²) in [5.74, 6) is -2.05. The molecule has 0 aromatic heterocycles. The second kappa shape index (κ2) is 5.98. The van der Waals surface area contributed by atoms with Gasteiger partial charge in [-0.1, -0.05) is 0 Å². The number of amides is 1. The average Bonchev–Trinajstić information content (AvgIpc) is 2.32. The molecule has 1 amide bonds. The number of carbonyl (C=O) groups is 2. The minimum absolute atomic E-state index is 0.144. The van der Waals surface area contributed by atoms with Gasteiger partial charge in [0.1, 0.15) is 5.82 Å². The van der Waals surface area contributed by atoms with E-state index >= 15 is 0 Å². The van der Waals surface area contributed by atoms with Crippen LogP contribution in [0.1, 0.15) is 13.8 Å². The van der Waals surface area contributed by atoms with E-state index < -0.39 is 17.7 Å². The first kappa shape index (κ1) is 13.2. The molecule has 0 saturated carbocycles. The molecule has 92 valence electrons. The van der Waals surface area contributed by atoms with Gasteiger partial charge >= 0.3 is 11.9 Å². The molecule has 0 radical (unpaired) electrons. The predicted octanol–water partition coefficient (Wildman–Crippen LogP) is 1.74. The van der Waals surface area contributed by atoms with Gasteiger partial charge in [-0.2, -0.15) is 0 Å². The maximum Gasteiger partial charge on any atom is 0.397 e. The molecule has 0 atom stereocenters. The summed E-state index contributed by atoms with van der Waals surface area (Å²) >= 11 is 0. The number of ether oxygens (including phenoxy) is 1. The smallest absolute Gasteiger partial charge is 0.397 e. The highest BCUT2D eigenvalue weighted by molar-refractivity contribution is 6.38. The van der Waals surface area contributed by atoms with E-state index in [2.05, 4.69) is 4.74 Å². The van der Waals surface area contributed by atoms with Crippen molar-refractivity contribution in [3.05, 3.63) is 30.1 Å². The molecular formula is C12H14FNO3. The summed E-state index contributed by atoms with van der Waals surface area (Å²) in [6.45, 7) is 3.80. The van der Waals surface area contributed by atoms with E-state index in [0.717, 1.165) is 0 Å². The number of rotatable bonds is 3. The number of benzene rings is 1. The van der Waals surface area contributed by atoms with Crippen LogP contribution in [0, 0.1) is 5.82 Å². The second-order valence-corrected chi connectivity index (χ2v) is 3.25. The van der Waals surface area contributed by atoms with Crippen molar-refractivity contribution < 1.29 is 18.7 Å². The van der Waals surface area contributed by atoms with E-state index in [0.29, 0.717) is 12.2 Å². The van der Waals surface area contributed by atoms with Crippen LogP contribution in [0.15, 0.2) is 24.3 Å². The largest absolute Gasteiger partial charge is 0.459 e. The van der Waals surface area contributed by atoms with Crippen LogP contribution in [0.5, 0.6) is 0 Å². The van der Waals surface area contributed by atoms with Crippen molar-refractivity contribution in [1.82, 2.24) is 0 Å². The van der Waals surface area contributed by atoms with Gasteiger partial charge in [0.2, 0.25) is 0 Å². The van der Waals surface area contributed by atoms with E-state index in [1.807, 2.05) is 0 Å². The number of halogens is 1. The van der Waals surface area contributed by atoms with E-state index in [9.17, 15) is 14.0 Å². The highest BCUT2D eigenvalue weighted by Crippen LogP contribution is 2.15. The maximum atomic E-state index is 12.7. The average molecular weight is 239 g/mol. The Morgan fingerprint density at radius 1 is 1.24 bits per heavy atom. The topological polar surface area (TPSA) is 46.6 Å².